The van der Waals surface area contributed by atoms with Crippen LogP contribution >= 0.6 is 0 Å². The van der Waals surface area contributed by atoms with E-state index >= 15 is 0 Å². The molecule has 1 atom stereocenters. The summed E-state index contributed by atoms with van der Waals surface area (Å²) >= 11 is 0. The van der Waals surface area contributed by atoms with E-state index < -0.39 is 10.0 Å². The van der Waals surface area contributed by atoms with Gasteiger partial charge in [0.2, 0.25) is 5.91 Å². The first-order chi connectivity index (χ1) is 17.6. The third-order valence-electron chi connectivity index (χ3n) is 6.97. The molecule has 37 heavy (non-hydrogen) atoms. The van der Waals surface area contributed by atoms with E-state index in [0.717, 1.165) is 35.3 Å². The number of nitrogens with zero attached hydrogens (tertiary/aromatic N) is 2. The van der Waals surface area contributed by atoms with Crippen LogP contribution in [0.4, 0.5) is 11.4 Å². The highest BCUT2D eigenvalue weighted by atomic mass is 32.2. The van der Waals surface area contributed by atoms with Gasteiger partial charge in [-0.3, -0.25) is 9.10 Å². The number of nitrogens with one attached hydrogen (secondary N) is 1. The van der Waals surface area contributed by atoms with Crippen LogP contribution in [0, 0.1) is 26.7 Å². The SMILES string of the molecule is Cc1ccc(S(=O)(=O)N(CC(=O)NCc2ccc(N3CCCC(C)C3)cc2)c2ccc(C)cc2C)cc1. The van der Waals surface area contributed by atoms with Crippen molar-refractivity contribution in [2.45, 2.75) is 52.0 Å². The minimum Gasteiger partial charge on any atom is -0.371 e. The molecular formula is C30H37N3O3S. The first-order valence-corrected chi connectivity index (χ1v) is 14.3. The summed E-state index contributed by atoms with van der Waals surface area (Å²) in [5.74, 6) is 0.341. The normalized spacial score (nSPS) is 15.9. The Bertz CT molecular complexity index is 1340. The maximum absolute atomic E-state index is 13.6. The molecule has 7 heteroatoms. The summed E-state index contributed by atoms with van der Waals surface area (Å²) in [4.78, 5) is 15.6. The van der Waals surface area contributed by atoms with E-state index in [1.165, 1.54) is 22.8 Å². The highest BCUT2D eigenvalue weighted by Gasteiger charge is 2.28. The van der Waals surface area contributed by atoms with Crippen molar-refractivity contribution in [2.24, 2.45) is 5.92 Å². The fraction of sp³-hybridized carbons (Fsp3) is 0.367. The molecule has 1 amide bonds. The lowest BCUT2D eigenvalue weighted by atomic mass is 9.99. The van der Waals surface area contributed by atoms with Crippen LogP contribution in [0.25, 0.3) is 0 Å². The van der Waals surface area contributed by atoms with Gasteiger partial charge >= 0.3 is 0 Å². The zero-order valence-electron chi connectivity index (χ0n) is 22.2. The average Bonchev–Trinajstić information content (AvgIpc) is 2.87. The van der Waals surface area contributed by atoms with E-state index in [9.17, 15) is 13.2 Å². The number of hydrogen-bond acceptors (Lipinski definition) is 4. The number of anilines is 2. The molecule has 1 N–H and O–H groups in total. The molecule has 4 rings (SSSR count). The molecule has 0 spiro atoms. The zero-order chi connectivity index (χ0) is 26.6. The smallest absolute Gasteiger partial charge is 0.264 e. The Kier molecular flexibility index (Phi) is 8.22. The molecule has 1 aliphatic heterocycles. The summed E-state index contributed by atoms with van der Waals surface area (Å²) in [7, 11) is -3.94. The van der Waals surface area contributed by atoms with E-state index in [1.807, 2.05) is 45.0 Å². The van der Waals surface area contributed by atoms with Crippen LogP contribution < -0.4 is 14.5 Å². The van der Waals surface area contributed by atoms with Gasteiger partial charge in [-0.2, -0.15) is 0 Å². The lowest BCUT2D eigenvalue weighted by molar-refractivity contribution is -0.119. The van der Waals surface area contributed by atoms with Crippen molar-refractivity contribution in [1.29, 1.82) is 0 Å². The molecule has 1 fully saturated rings. The molecular weight excluding hydrogens is 482 g/mol. The third-order valence-corrected chi connectivity index (χ3v) is 8.74. The molecule has 1 heterocycles. The standard InChI is InChI=1S/C30H37N3O3S/c1-22-7-14-28(15-8-22)37(35,36)33(29-16-9-23(2)18-25(29)4)21-30(34)31-19-26-10-12-27(13-11-26)32-17-5-6-24(3)20-32/h7-16,18,24H,5-6,17,19-21H2,1-4H3,(H,31,34). The first-order valence-electron chi connectivity index (χ1n) is 12.9. The van der Waals surface area contributed by atoms with Crippen LogP contribution in [0.5, 0.6) is 0 Å². The largest absolute Gasteiger partial charge is 0.371 e. The van der Waals surface area contributed by atoms with Gasteiger partial charge in [-0.05, 0) is 81.0 Å². The van der Waals surface area contributed by atoms with Crippen molar-refractivity contribution >= 4 is 27.3 Å². The monoisotopic (exact) mass is 519 g/mol. The van der Waals surface area contributed by atoms with Gasteiger partial charge in [0.1, 0.15) is 6.54 Å². The number of rotatable bonds is 8. The van der Waals surface area contributed by atoms with Gasteiger partial charge in [-0.1, -0.05) is 54.4 Å². The van der Waals surface area contributed by atoms with Gasteiger partial charge in [0, 0.05) is 25.3 Å². The maximum atomic E-state index is 13.6. The van der Waals surface area contributed by atoms with Gasteiger partial charge in [-0.15, -0.1) is 0 Å². The van der Waals surface area contributed by atoms with Gasteiger partial charge in [0.15, 0.2) is 0 Å². The molecule has 1 unspecified atom stereocenters. The fourth-order valence-corrected chi connectivity index (χ4v) is 6.34. The van der Waals surface area contributed by atoms with Crippen LogP contribution in [0.15, 0.2) is 71.6 Å². The van der Waals surface area contributed by atoms with Gasteiger partial charge in [-0.25, -0.2) is 8.42 Å². The molecule has 0 bridgehead atoms. The molecule has 6 nitrogen and oxygen atoms in total. The van der Waals surface area contributed by atoms with Crippen LogP contribution in [0.1, 0.15) is 42.0 Å². The lowest BCUT2D eigenvalue weighted by Crippen LogP contribution is -2.41. The molecule has 1 aliphatic rings. The zero-order valence-corrected chi connectivity index (χ0v) is 23.0. The molecule has 3 aromatic rings. The summed E-state index contributed by atoms with van der Waals surface area (Å²) < 4.78 is 28.5. The molecule has 1 saturated heterocycles. The Labute approximate surface area is 221 Å². The summed E-state index contributed by atoms with van der Waals surface area (Å²) in [6, 6.07) is 20.5. The van der Waals surface area contributed by atoms with Crippen LogP contribution in [0.3, 0.4) is 0 Å². The van der Waals surface area contributed by atoms with Crippen molar-refractivity contribution in [2.75, 3.05) is 28.8 Å². The summed E-state index contributed by atoms with van der Waals surface area (Å²) in [5, 5.41) is 2.91. The predicted molar refractivity (Wildman–Crippen MR) is 151 cm³/mol. The minimum atomic E-state index is -3.94. The van der Waals surface area contributed by atoms with E-state index in [4.69, 9.17) is 0 Å². The third kappa shape index (κ3) is 6.52. The van der Waals surface area contributed by atoms with Gasteiger partial charge in [0.25, 0.3) is 10.0 Å². The number of benzene rings is 3. The van der Waals surface area contributed by atoms with Crippen LogP contribution in [-0.4, -0.2) is 34.0 Å². The predicted octanol–water partition coefficient (Wildman–Crippen LogP) is 5.36. The number of carbonyl (C=O) groups is 1. The first kappa shape index (κ1) is 26.7. The topological polar surface area (TPSA) is 69.7 Å². The second kappa shape index (κ2) is 11.4. The Morgan fingerprint density at radius 1 is 0.973 bits per heavy atom. The van der Waals surface area contributed by atoms with Gasteiger partial charge in [0.05, 0.1) is 10.6 Å². The average molecular weight is 520 g/mol. The molecule has 196 valence electrons. The highest BCUT2D eigenvalue weighted by molar-refractivity contribution is 7.92. The minimum absolute atomic E-state index is 0.161. The van der Waals surface area contributed by atoms with E-state index in [0.29, 0.717) is 18.2 Å². The van der Waals surface area contributed by atoms with Crippen molar-refractivity contribution in [3.8, 4) is 0 Å². The number of amides is 1. The van der Waals surface area contributed by atoms with Crippen molar-refractivity contribution < 1.29 is 13.2 Å². The van der Waals surface area contributed by atoms with E-state index in [-0.39, 0.29) is 17.3 Å². The Morgan fingerprint density at radius 3 is 2.30 bits per heavy atom. The molecule has 0 saturated carbocycles. The second-order valence-corrected chi connectivity index (χ2v) is 12.1. The molecule has 3 aromatic carbocycles. The molecule has 0 radical (unpaired) electrons. The summed E-state index contributed by atoms with van der Waals surface area (Å²) in [6.45, 7) is 10.2. The highest BCUT2D eigenvalue weighted by Crippen LogP contribution is 2.28. The Morgan fingerprint density at radius 2 is 1.65 bits per heavy atom. The number of carbonyl (C=O) groups excluding carboxylic acids is 1. The maximum Gasteiger partial charge on any atom is 0.264 e. The Hall–Kier alpha value is -3.32. The second-order valence-electron chi connectivity index (χ2n) is 10.3. The summed E-state index contributed by atoms with van der Waals surface area (Å²) in [6.07, 6.45) is 2.49. The van der Waals surface area contributed by atoms with Crippen LogP contribution in [0.2, 0.25) is 0 Å². The number of aryl methyl sites for hydroxylation is 3. The number of piperidine rings is 1. The van der Waals surface area contributed by atoms with Crippen molar-refractivity contribution in [1.82, 2.24) is 5.32 Å². The van der Waals surface area contributed by atoms with Crippen molar-refractivity contribution in [3.63, 3.8) is 0 Å². The lowest BCUT2D eigenvalue weighted by Gasteiger charge is -2.32. The molecule has 0 aromatic heterocycles. The number of hydrogen-bond donors (Lipinski definition) is 1. The van der Waals surface area contributed by atoms with Crippen LogP contribution in [-0.2, 0) is 21.4 Å². The van der Waals surface area contributed by atoms with E-state index in [1.54, 1.807) is 30.3 Å². The fourth-order valence-electron chi connectivity index (χ4n) is 4.86. The Balaban J connectivity index is 1.48. The molecule has 0 aliphatic carbocycles. The van der Waals surface area contributed by atoms with Crippen molar-refractivity contribution in [3.05, 3.63) is 89.0 Å². The quantitative estimate of drug-likeness (QED) is 0.435. The number of sulfonamides is 1. The van der Waals surface area contributed by atoms with E-state index in [2.05, 4.69) is 29.3 Å². The van der Waals surface area contributed by atoms with Gasteiger partial charge < -0.3 is 10.2 Å². The summed E-state index contributed by atoms with van der Waals surface area (Å²) in [5.41, 5.74) is 5.47.